The van der Waals surface area contributed by atoms with Crippen LogP contribution in [0, 0.1) is 0 Å². The van der Waals surface area contributed by atoms with Crippen molar-refractivity contribution in [3.63, 3.8) is 0 Å². The van der Waals surface area contributed by atoms with E-state index in [-0.39, 0.29) is 18.5 Å². The van der Waals surface area contributed by atoms with Gasteiger partial charge >= 0.3 is 5.97 Å². The van der Waals surface area contributed by atoms with Gasteiger partial charge in [-0.05, 0) is 96.3 Å². The van der Waals surface area contributed by atoms with Crippen molar-refractivity contribution < 1.29 is 24.5 Å². The Morgan fingerprint density at radius 3 is 1.03 bits per heavy atom. The molecule has 1 amide bonds. The molecule has 0 bridgehead atoms. The summed E-state index contributed by atoms with van der Waals surface area (Å²) in [6, 6.07) is -0.628. The highest BCUT2D eigenvalue weighted by Gasteiger charge is 2.18. The molecule has 0 spiro atoms. The maximum Gasteiger partial charge on any atom is 0.305 e. The van der Waals surface area contributed by atoms with Gasteiger partial charge in [0.25, 0.3) is 0 Å². The summed E-state index contributed by atoms with van der Waals surface area (Å²) in [5.41, 5.74) is 0. The molecule has 0 heterocycles. The molecule has 0 rings (SSSR count). The van der Waals surface area contributed by atoms with Crippen molar-refractivity contribution >= 4 is 11.9 Å². The molecule has 76 heavy (non-hydrogen) atoms. The number of rotatable bonds is 62. The van der Waals surface area contributed by atoms with Crippen LogP contribution in [-0.4, -0.2) is 47.4 Å². The molecule has 444 valence electrons. The van der Waals surface area contributed by atoms with Gasteiger partial charge in [0, 0.05) is 12.8 Å². The summed E-state index contributed by atoms with van der Waals surface area (Å²) in [5.74, 6) is -0.0627. The summed E-state index contributed by atoms with van der Waals surface area (Å²) in [6.45, 7) is 4.87. The number of amides is 1. The molecule has 6 nitrogen and oxygen atoms in total. The maximum absolute atomic E-state index is 12.4. The van der Waals surface area contributed by atoms with Crippen molar-refractivity contribution in [2.75, 3.05) is 13.2 Å². The van der Waals surface area contributed by atoms with Gasteiger partial charge in [0.15, 0.2) is 0 Å². The molecule has 0 aliphatic rings. The van der Waals surface area contributed by atoms with Crippen LogP contribution in [-0.2, 0) is 14.3 Å². The summed E-state index contributed by atoms with van der Waals surface area (Å²) in [6.07, 6.45) is 85.8. The lowest BCUT2D eigenvalue weighted by Crippen LogP contribution is -2.45. The molecule has 0 radical (unpaired) electrons. The average Bonchev–Trinajstić information content (AvgIpc) is 3.42. The number of esters is 1. The largest absolute Gasteiger partial charge is 0.466 e. The van der Waals surface area contributed by atoms with E-state index in [4.69, 9.17) is 4.74 Å². The Morgan fingerprint density at radius 1 is 0.368 bits per heavy atom. The number of allylic oxidation sites excluding steroid dienone is 9. The molecule has 0 aromatic rings. The quantitative estimate of drug-likeness (QED) is 0.0320. The highest BCUT2D eigenvalue weighted by molar-refractivity contribution is 5.76. The lowest BCUT2D eigenvalue weighted by atomic mass is 10.0. The Labute approximate surface area is 473 Å². The predicted octanol–water partition coefficient (Wildman–Crippen LogP) is 21.5. The average molecular weight is 1060 g/mol. The van der Waals surface area contributed by atoms with Crippen molar-refractivity contribution in [1.82, 2.24) is 5.32 Å². The fourth-order valence-electron chi connectivity index (χ4n) is 10.1. The fraction of sp³-hybridized carbons (Fsp3) is 0.829. The van der Waals surface area contributed by atoms with Crippen molar-refractivity contribution in [2.24, 2.45) is 0 Å². The first-order chi connectivity index (χ1) is 37.5. The molecule has 0 aromatic heterocycles. The molecule has 0 saturated carbocycles. The minimum absolute atomic E-state index is 0.00751. The number of aliphatic hydroxyl groups excluding tert-OH is 2. The van der Waals surface area contributed by atoms with E-state index in [2.05, 4.69) is 67.8 Å². The smallest absolute Gasteiger partial charge is 0.305 e. The molecule has 0 fully saturated rings. The van der Waals surface area contributed by atoms with Gasteiger partial charge in [0.2, 0.25) is 5.91 Å². The Hall–Kier alpha value is -2.44. The van der Waals surface area contributed by atoms with E-state index >= 15 is 0 Å². The third-order valence-corrected chi connectivity index (χ3v) is 15.3. The van der Waals surface area contributed by atoms with E-state index in [0.717, 1.165) is 57.8 Å². The van der Waals surface area contributed by atoms with Gasteiger partial charge in [0.05, 0.1) is 25.4 Å². The molecular formula is C70H129NO5. The van der Waals surface area contributed by atoms with Crippen LogP contribution in [0.5, 0.6) is 0 Å². The zero-order chi connectivity index (χ0) is 55.0. The Balaban J connectivity index is 3.40. The number of nitrogens with one attached hydrogen (secondary N) is 1. The van der Waals surface area contributed by atoms with Gasteiger partial charge in [-0.3, -0.25) is 9.59 Å². The number of hydrogen-bond acceptors (Lipinski definition) is 5. The first-order valence-corrected chi connectivity index (χ1v) is 33.6. The first-order valence-electron chi connectivity index (χ1n) is 33.6. The SMILES string of the molecule is CCCCC/C=C\C/C=C\CCCCCCCCCCCC(=O)OCCCCCCCCCCC/C=C\C/C=C\CCCCCCCCCCCCCCCC(=O)NC(CO)C(O)/C=C/CCCCCCCCCCC. The highest BCUT2D eigenvalue weighted by Crippen LogP contribution is 2.17. The summed E-state index contributed by atoms with van der Waals surface area (Å²) in [4.78, 5) is 24.5. The fourth-order valence-corrected chi connectivity index (χ4v) is 10.1. The molecule has 2 atom stereocenters. The van der Waals surface area contributed by atoms with E-state index in [0.29, 0.717) is 19.4 Å². The van der Waals surface area contributed by atoms with Crippen molar-refractivity contribution in [2.45, 2.75) is 360 Å². The van der Waals surface area contributed by atoms with Gasteiger partial charge < -0.3 is 20.3 Å². The van der Waals surface area contributed by atoms with Crippen LogP contribution in [0.4, 0.5) is 0 Å². The van der Waals surface area contributed by atoms with Crippen molar-refractivity contribution in [1.29, 1.82) is 0 Å². The van der Waals surface area contributed by atoms with Crippen LogP contribution in [0.2, 0.25) is 0 Å². The number of unbranched alkanes of at least 4 members (excludes halogenated alkanes) is 43. The van der Waals surface area contributed by atoms with E-state index in [1.54, 1.807) is 6.08 Å². The second-order valence-electron chi connectivity index (χ2n) is 22.8. The van der Waals surface area contributed by atoms with Gasteiger partial charge in [0.1, 0.15) is 0 Å². The minimum Gasteiger partial charge on any atom is -0.466 e. The molecule has 0 aliphatic carbocycles. The topological polar surface area (TPSA) is 95.9 Å². The third kappa shape index (κ3) is 60.8. The van der Waals surface area contributed by atoms with E-state index in [1.165, 1.54) is 263 Å². The summed E-state index contributed by atoms with van der Waals surface area (Å²) in [7, 11) is 0. The van der Waals surface area contributed by atoms with Crippen LogP contribution in [0.3, 0.4) is 0 Å². The van der Waals surface area contributed by atoms with Crippen LogP contribution in [0.25, 0.3) is 0 Å². The molecule has 3 N–H and O–H groups in total. The summed E-state index contributed by atoms with van der Waals surface area (Å²) < 4.78 is 5.50. The van der Waals surface area contributed by atoms with Crippen LogP contribution >= 0.6 is 0 Å². The number of aliphatic hydroxyl groups is 2. The predicted molar refractivity (Wildman–Crippen MR) is 333 cm³/mol. The number of carbonyl (C=O) groups excluding carboxylic acids is 2. The molecular weight excluding hydrogens is 935 g/mol. The zero-order valence-corrected chi connectivity index (χ0v) is 50.7. The molecule has 6 heteroatoms. The summed E-state index contributed by atoms with van der Waals surface area (Å²) in [5, 5.41) is 23.0. The van der Waals surface area contributed by atoms with Gasteiger partial charge in [-0.2, -0.15) is 0 Å². The van der Waals surface area contributed by atoms with E-state index < -0.39 is 12.1 Å². The Bertz CT molecular complexity index is 1320. The normalized spacial score (nSPS) is 12.9. The molecule has 0 aliphatic heterocycles. The van der Waals surface area contributed by atoms with Gasteiger partial charge in [-0.25, -0.2) is 0 Å². The number of ether oxygens (including phenoxy) is 1. The van der Waals surface area contributed by atoms with Crippen LogP contribution in [0.1, 0.15) is 348 Å². The van der Waals surface area contributed by atoms with Crippen LogP contribution in [0.15, 0.2) is 60.8 Å². The Kier molecular flexibility index (Phi) is 63.0. The standard InChI is InChI=1S/C70H129NO5/c1-3-5-7-9-11-13-15-16-17-18-30-34-37-40-44-48-52-56-60-64-70(75)76-65-61-57-53-49-45-41-38-35-32-29-27-25-23-21-19-20-22-24-26-28-31-33-36-39-43-47-51-55-59-63-69(74)71-67(66-72)68(73)62-58-54-50-46-42-14-12-10-8-6-4-2/h11,13,16-17,19,21,25,27,58,62,67-68,72-73H,3-10,12,14-15,18,20,22-24,26,28-57,59-61,63-66H2,1-2H3,(H,71,74)/b13-11-,17-16-,21-19-,27-25-,62-58+. The second kappa shape index (κ2) is 65.1. The summed E-state index contributed by atoms with van der Waals surface area (Å²) >= 11 is 0. The highest BCUT2D eigenvalue weighted by atomic mass is 16.5. The first kappa shape index (κ1) is 73.6. The van der Waals surface area contributed by atoms with Crippen molar-refractivity contribution in [3.05, 3.63) is 60.8 Å². The number of carbonyl (C=O) groups is 2. The molecule has 2 unspecified atom stereocenters. The van der Waals surface area contributed by atoms with Gasteiger partial charge in [-0.1, -0.05) is 299 Å². The third-order valence-electron chi connectivity index (χ3n) is 15.3. The maximum atomic E-state index is 12.4. The van der Waals surface area contributed by atoms with Crippen LogP contribution < -0.4 is 5.32 Å². The Morgan fingerprint density at radius 2 is 0.658 bits per heavy atom. The van der Waals surface area contributed by atoms with Crippen molar-refractivity contribution in [3.8, 4) is 0 Å². The minimum atomic E-state index is -0.844. The lowest BCUT2D eigenvalue weighted by molar-refractivity contribution is -0.143. The number of hydrogen-bond donors (Lipinski definition) is 3. The zero-order valence-electron chi connectivity index (χ0n) is 50.7. The molecule has 0 saturated heterocycles. The van der Waals surface area contributed by atoms with E-state index in [9.17, 15) is 19.8 Å². The second-order valence-corrected chi connectivity index (χ2v) is 22.8. The molecule has 0 aromatic carbocycles. The van der Waals surface area contributed by atoms with Gasteiger partial charge in [-0.15, -0.1) is 0 Å². The lowest BCUT2D eigenvalue weighted by Gasteiger charge is -2.20. The monoisotopic (exact) mass is 1060 g/mol. The van der Waals surface area contributed by atoms with E-state index in [1.807, 2.05) is 6.08 Å².